The van der Waals surface area contributed by atoms with E-state index in [1.165, 1.54) is 13.8 Å². The second-order valence-corrected chi connectivity index (χ2v) is 8.19. The lowest BCUT2D eigenvalue weighted by atomic mass is 10.00. The molecule has 2 aliphatic heterocycles. The average Bonchev–Trinajstić information content (AvgIpc) is 2.57. The Morgan fingerprint density at radius 2 is 1.70 bits per heavy atom. The van der Waals surface area contributed by atoms with Gasteiger partial charge in [0.2, 0.25) is 0 Å². The van der Waals surface area contributed by atoms with E-state index >= 15 is 0 Å². The number of alkyl halides is 2. The first-order valence-electron chi connectivity index (χ1n) is 8.51. The maximum absolute atomic E-state index is 11.6. The monoisotopic (exact) mass is 518 g/mol. The van der Waals surface area contributed by atoms with Gasteiger partial charge in [0.1, 0.15) is 17.0 Å². The molecule has 0 aromatic rings. The molecule has 0 radical (unpaired) electrons. The van der Waals surface area contributed by atoms with Crippen LogP contribution in [0.25, 0.3) is 0 Å². The van der Waals surface area contributed by atoms with Crippen LogP contribution in [0.3, 0.4) is 0 Å². The molecule has 9 atom stereocenters. The summed E-state index contributed by atoms with van der Waals surface area (Å²) in [5.74, 6) is -1.09. The Hall–Kier alpha value is -0.300. The quantitative estimate of drug-likeness (QED) is 0.397. The molecule has 2 saturated heterocycles. The zero-order valence-corrected chi connectivity index (χ0v) is 18.3. The van der Waals surface area contributed by atoms with E-state index in [0.29, 0.717) is 0 Å². The lowest BCUT2D eigenvalue weighted by Gasteiger charge is -2.45. The summed E-state index contributed by atoms with van der Waals surface area (Å²) in [7, 11) is 0. The molecule has 2 fully saturated rings. The van der Waals surface area contributed by atoms with E-state index in [4.69, 9.17) is 23.7 Å². The topological polar surface area (TPSA) is 121 Å². The smallest absolute Gasteiger partial charge is 0.303 e. The maximum Gasteiger partial charge on any atom is 0.303 e. The Kier molecular flexibility index (Phi) is 8.47. The number of carbonyl (C=O) groups is 2. The second kappa shape index (κ2) is 9.95. The third-order valence-electron chi connectivity index (χ3n) is 4.31. The molecule has 2 rings (SSSR count). The highest BCUT2D eigenvalue weighted by atomic mass is 79.9. The third-order valence-corrected chi connectivity index (χ3v) is 5.90. The lowest BCUT2D eigenvalue weighted by molar-refractivity contribution is -0.298. The molecule has 0 bridgehead atoms. The summed E-state index contributed by atoms with van der Waals surface area (Å²) >= 11 is 6.71. The van der Waals surface area contributed by atoms with Crippen LogP contribution in [-0.2, 0) is 33.3 Å². The summed E-state index contributed by atoms with van der Waals surface area (Å²) in [6.45, 7) is 4.12. The van der Waals surface area contributed by atoms with Gasteiger partial charge in [-0.15, -0.1) is 0 Å². The molecule has 11 heteroatoms. The Labute approximate surface area is 173 Å². The van der Waals surface area contributed by atoms with Gasteiger partial charge >= 0.3 is 11.9 Å². The van der Waals surface area contributed by atoms with Gasteiger partial charge in [-0.3, -0.25) is 9.59 Å². The van der Waals surface area contributed by atoms with E-state index < -0.39 is 66.0 Å². The normalized spacial score (nSPS) is 42.4. The Morgan fingerprint density at radius 3 is 2.26 bits per heavy atom. The number of hydrogen-bond donors (Lipinski definition) is 2. The van der Waals surface area contributed by atoms with E-state index in [2.05, 4.69) is 31.9 Å². The summed E-state index contributed by atoms with van der Waals surface area (Å²) in [5, 5.41) is 20.3. The molecule has 0 aromatic heterocycles. The standard InChI is InChI=1S/C16H24Br2O9/c1-6-13(22)9(4-11(21)23-6)26-16-12(18)15(25-8(3)20)14(24-7(2)19)10(5-17)27-16/h6,9-16,21-22H,4-5H2,1-3H3/t6-,9-,10-,11+,12-,13-,14-,15-,16+/m1/s1. The Bertz CT molecular complexity index is 534. The van der Waals surface area contributed by atoms with Gasteiger partial charge in [0.25, 0.3) is 0 Å². The predicted molar refractivity (Wildman–Crippen MR) is 98.3 cm³/mol. The van der Waals surface area contributed by atoms with Crippen LogP contribution in [0.15, 0.2) is 0 Å². The molecule has 2 N–H and O–H groups in total. The van der Waals surface area contributed by atoms with Crippen LogP contribution in [-0.4, -0.2) is 81.5 Å². The third kappa shape index (κ3) is 5.84. The minimum Gasteiger partial charge on any atom is -0.457 e. The van der Waals surface area contributed by atoms with Crippen molar-refractivity contribution in [1.29, 1.82) is 0 Å². The fraction of sp³-hybridized carbons (Fsp3) is 0.875. The summed E-state index contributed by atoms with van der Waals surface area (Å²) in [4.78, 5) is 22.3. The number of esters is 2. The van der Waals surface area contributed by atoms with E-state index in [-0.39, 0.29) is 11.8 Å². The van der Waals surface area contributed by atoms with Gasteiger partial charge in [-0.2, -0.15) is 0 Å². The first-order valence-corrected chi connectivity index (χ1v) is 10.5. The fourth-order valence-corrected chi connectivity index (χ4v) is 4.27. The number of ether oxygens (including phenoxy) is 5. The first kappa shape index (κ1) is 23.0. The summed E-state index contributed by atoms with van der Waals surface area (Å²) in [5.41, 5.74) is 0. The van der Waals surface area contributed by atoms with Crippen molar-refractivity contribution in [2.75, 3.05) is 5.33 Å². The zero-order valence-electron chi connectivity index (χ0n) is 15.1. The summed E-state index contributed by atoms with van der Waals surface area (Å²) in [6.07, 6.45) is -6.68. The van der Waals surface area contributed by atoms with Crippen LogP contribution in [0.1, 0.15) is 27.2 Å². The van der Waals surface area contributed by atoms with Gasteiger partial charge in [0, 0.05) is 25.6 Å². The molecule has 27 heavy (non-hydrogen) atoms. The minimum absolute atomic E-state index is 0.0513. The molecule has 0 saturated carbocycles. The van der Waals surface area contributed by atoms with Crippen LogP contribution in [0.4, 0.5) is 0 Å². The Balaban J connectivity index is 2.19. The van der Waals surface area contributed by atoms with Crippen molar-refractivity contribution in [2.45, 2.75) is 81.2 Å². The SMILES string of the molecule is CC(=O)O[C@@H]1[C@@H](Br)[C@@H](O[C@@H]2C[C@@H](O)O[C@H](C)[C@H]2O)O[C@H](CBr)[C@H]1OC(C)=O. The van der Waals surface area contributed by atoms with Crippen molar-refractivity contribution in [3.05, 3.63) is 0 Å². The Morgan fingerprint density at radius 1 is 1.11 bits per heavy atom. The molecule has 2 aliphatic rings. The molecule has 0 spiro atoms. The molecule has 2 heterocycles. The van der Waals surface area contributed by atoms with Gasteiger partial charge in [-0.1, -0.05) is 31.9 Å². The van der Waals surface area contributed by atoms with Crippen molar-refractivity contribution in [1.82, 2.24) is 0 Å². The van der Waals surface area contributed by atoms with Gasteiger partial charge in [0.15, 0.2) is 24.8 Å². The summed E-state index contributed by atoms with van der Waals surface area (Å²) < 4.78 is 27.6. The molecule has 9 nitrogen and oxygen atoms in total. The van der Waals surface area contributed by atoms with Crippen molar-refractivity contribution < 1.29 is 43.5 Å². The number of halogens is 2. The van der Waals surface area contributed by atoms with Crippen molar-refractivity contribution in [3.8, 4) is 0 Å². The molecule has 0 aliphatic carbocycles. The van der Waals surface area contributed by atoms with Crippen LogP contribution in [0.2, 0.25) is 0 Å². The fourth-order valence-electron chi connectivity index (χ4n) is 3.09. The van der Waals surface area contributed by atoms with Crippen LogP contribution < -0.4 is 0 Å². The van der Waals surface area contributed by atoms with Crippen molar-refractivity contribution in [3.63, 3.8) is 0 Å². The van der Waals surface area contributed by atoms with E-state index in [0.717, 1.165) is 0 Å². The van der Waals surface area contributed by atoms with Gasteiger partial charge in [0.05, 0.1) is 12.2 Å². The minimum atomic E-state index is -1.07. The van der Waals surface area contributed by atoms with E-state index in [1.807, 2.05) is 0 Å². The molecule has 0 aromatic carbocycles. The molecule has 0 amide bonds. The number of carbonyl (C=O) groups excluding carboxylic acids is 2. The first-order chi connectivity index (χ1) is 12.6. The van der Waals surface area contributed by atoms with Gasteiger partial charge < -0.3 is 33.9 Å². The van der Waals surface area contributed by atoms with E-state index in [1.54, 1.807) is 6.92 Å². The predicted octanol–water partition coefficient (Wildman–Crippen LogP) is 0.606. The van der Waals surface area contributed by atoms with E-state index in [9.17, 15) is 19.8 Å². The number of rotatable bonds is 5. The van der Waals surface area contributed by atoms with Crippen molar-refractivity contribution in [2.24, 2.45) is 0 Å². The number of hydrogen-bond acceptors (Lipinski definition) is 9. The number of aliphatic hydroxyl groups is 2. The average molecular weight is 520 g/mol. The zero-order chi connectivity index (χ0) is 20.3. The highest BCUT2D eigenvalue weighted by Crippen LogP contribution is 2.34. The molecule has 156 valence electrons. The number of aliphatic hydroxyl groups excluding tert-OH is 2. The summed E-state index contributed by atoms with van der Waals surface area (Å²) in [6, 6.07) is 0. The van der Waals surface area contributed by atoms with Crippen molar-refractivity contribution >= 4 is 43.8 Å². The molecule has 0 unspecified atom stereocenters. The highest BCUT2D eigenvalue weighted by molar-refractivity contribution is 9.09. The largest absolute Gasteiger partial charge is 0.457 e. The second-order valence-electron chi connectivity index (χ2n) is 6.49. The van der Waals surface area contributed by atoms with Crippen LogP contribution >= 0.6 is 31.9 Å². The van der Waals surface area contributed by atoms with Gasteiger partial charge in [-0.25, -0.2) is 0 Å². The van der Waals surface area contributed by atoms with Crippen LogP contribution in [0, 0.1) is 0 Å². The molecular formula is C16H24Br2O9. The highest BCUT2D eigenvalue weighted by Gasteiger charge is 2.50. The van der Waals surface area contributed by atoms with Gasteiger partial charge in [-0.05, 0) is 6.92 Å². The lowest BCUT2D eigenvalue weighted by Crippen LogP contribution is -2.61. The maximum atomic E-state index is 11.6. The molecular weight excluding hydrogens is 496 g/mol. The van der Waals surface area contributed by atoms with Crippen LogP contribution in [0.5, 0.6) is 0 Å².